The fraction of sp³-hybridized carbons (Fsp3) is 0.962. The van der Waals surface area contributed by atoms with E-state index in [4.69, 9.17) is 4.55 Å². The van der Waals surface area contributed by atoms with Crippen LogP contribution in [0.15, 0.2) is 0 Å². The molecule has 8 nitrogen and oxygen atoms in total. The lowest BCUT2D eigenvalue weighted by atomic mass is 9.43. The highest BCUT2D eigenvalue weighted by atomic mass is 32.2. The Labute approximate surface area is 210 Å². The van der Waals surface area contributed by atoms with Crippen molar-refractivity contribution >= 4 is 16.0 Å². The van der Waals surface area contributed by atoms with Crippen LogP contribution in [0.25, 0.3) is 0 Å². The molecule has 1 amide bonds. The maximum absolute atomic E-state index is 12.2. The number of aliphatic hydroxyl groups excluding tert-OH is 3. The molecule has 202 valence electrons. The Morgan fingerprint density at radius 3 is 2.46 bits per heavy atom. The Kier molecular flexibility index (Phi) is 7.69. The molecule has 0 aromatic heterocycles. The molecule has 0 unspecified atom stereocenters. The highest BCUT2D eigenvalue weighted by Crippen LogP contribution is 2.68. The largest absolute Gasteiger partial charge is 0.393 e. The van der Waals surface area contributed by atoms with E-state index in [0.717, 1.165) is 38.5 Å². The normalized spacial score (nSPS) is 46.3. The minimum atomic E-state index is -4.10. The molecule has 0 radical (unpaired) electrons. The van der Waals surface area contributed by atoms with Gasteiger partial charge in [0.15, 0.2) is 0 Å². The third-order valence-electron chi connectivity index (χ3n) is 11.0. The highest BCUT2D eigenvalue weighted by Gasteiger charge is 2.65. The first-order valence-corrected chi connectivity index (χ1v) is 15.1. The second-order valence-corrected chi connectivity index (χ2v) is 14.2. The third-order valence-corrected chi connectivity index (χ3v) is 11.7. The molecule has 4 aliphatic rings. The van der Waals surface area contributed by atoms with Crippen LogP contribution in [-0.2, 0) is 14.9 Å². The van der Waals surface area contributed by atoms with Crippen molar-refractivity contribution in [1.82, 2.24) is 5.32 Å². The Morgan fingerprint density at radius 2 is 1.77 bits per heavy atom. The summed E-state index contributed by atoms with van der Waals surface area (Å²) in [6.07, 6.45) is 5.67. The first kappa shape index (κ1) is 27.3. The van der Waals surface area contributed by atoms with Gasteiger partial charge < -0.3 is 20.6 Å². The number of amides is 1. The molecule has 4 aliphatic carbocycles. The summed E-state index contributed by atoms with van der Waals surface area (Å²) in [6, 6.07) is 0. The summed E-state index contributed by atoms with van der Waals surface area (Å²) < 4.78 is 30.5. The molecule has 4 saturated carbocycles. The number of aliphatic hydroxyl groups is 3. The average Bonchev–Trinajstić information content (AvgIpc) is 3.12. The van der Waals surface area contributed by atoms with E-state index < -0.39 is 28.1 Å². The van der Waals surface area contributed by atoms with E-state index in [2.05, 4.69) is 26.1 Å². The van der Waals surface area contributed by atoms with E-state index in [-0.39, 0.29) is 65.4 Å². The van der Waals surface area contributed by atoms with E-state index in [1.54, 1.807) is 0 Å². The fourth-order valence-electron chi connectivity index (χ4n) is 9.10. The molecule has 9 heteroatoms. The number of nitrogens with one attached hydrogen (secondary N) is 1. The summed E-state index contributed by atoms with van der Waals surface area (Å²) in [6.45, 7) is 6.56. The number of fused-ring (bicyclic) bond motifs is 5. The second-order valence-electron chi connectivity index (χ2n) is 12.7. The van der Waals surface area contributed by atoms with Crippen LogP contribution in [0.5, 0.6) is 0 Å². The van der Waals surface area contributed by atoms with Gasteiger partial charge in [0.2, 0.25) is 5.91 Å². The van der Waals surface area contributed by atoms with E-state index >= 15 is 0 Å². The van der Waals surface area contributed by atoms with Gasteiger partial charge in [0, 0.05) is 13.0 Å². The van der Waals surface area contributed by atoms with E-state index in [1.807, 2.05) is 0 Å². The monoisotopic (exact) mass is 515 g/mol. The Hall–Kier alpha value is -0.740. The first-order valence-electron chi connectivity index (χ1n) is 13.5. The fourth-order valence-corrected chi connectivity index (χ4v) is 9.46. The molecular formula is C26H45NO7S. The maximum atomic E-state index is 12.2. The Bertz CT molecular complexity index is 896. The zero-order valence-electron chi connectivity index (χ0n) is 21.4. The molecule has 0 saturated heterocycles. The van der Waals surface area contributed by atoms with Crippen LogP contribution < -0.4 is 5.32 Å². The van der Waals surface area contributed by atoms with Gasteiger partial charge in [-0.25, -0.2) is 0 Å². The van der Waals surface area contributed by atoms with Crippen LogP contribution in [0.3, 0.4) is 0 Å². The summed E-state index contributed by atoms with van der Waals surface area (Å²) in [5.74, 6) is 0.705. The van der Waals surface area contributed by atoms with Crippen molar-refractivity contribution in [2.75, 3.05) is 12.3 Å². The van der Waals surface area contributed by atoms with Gasteiger partial charge in [-0.3, -0.25) is 9.35 Å². The van der Waals surface area contributed by atoms with Gasteiger partial charge >= 0.3 is 0 Å². The number of hydrogen-bond acceptors (Lipinski definition) is 6. The van der Waals surface area contributed by atoms with Gasteiger partial charge in [-0.2, -0.15) is 8.42 Å². The minimum absolute atomic E-state index is 0.0509. The molecule has 4 rings (SSSR count). The van der Waals surface area contributed by atoms with Crippen LogP contribution in [0.2, 0.25) is 0 Å². The molecule has 0 aromatic rings. The SMILES string of the molecule is C[C@H](CCC(=O)NCCS(=O)(=O)O)[C@@H]1CC[C@@H]2[C@H]3[C@H](O)C[C@H]4C[C@@H](O)CC[C@]4(C)[C@@H]3C[C@@H](O)[C@]21C. The van der Waals surface area contributed by atoms with Crippen molar-refractivity contribution < 1.29 is 33.1 Å². The summed E-state index contributed by atoms with van der Waals surface area (Å²) >= 11 is 0. The smallest absolute Gasteiger partial charge is 0.266 e. The average molecular weight is 516 g/mol. The lowest BCUT2D eigenvalue weighted by Gasteiger charge is -2.63. The topological polar surface area (TPSA) is 144 Å². The number of carbonyl (C=O) groups excluding carboxylic acids is 1. The lowest BCUT2D eigenvalue weighted by molar-refractivity contribution is -0.207. The Morgan fingerprint density at radius 1 is 1.06 bits per heavy atom. The molecule has 0 bridgehead atoms. The summed E-state index contributed by atoms with van der Waals surface area (Å²) in [4.78, 5) is 12.2. The number of carbonyl (C=O) groups is 1. The van der Waals surface area contributed by atoms with E-state index in [1.165, 1.54) is 0 Å². The highest BCUT2D eigenvalue weighted by molar-refractivity contribution is 7.85. The first-order chi connectivity index (χ1) is 16.3. The molecule has 11 atom stereocenters. The molecule has 5 N–H and O–H groups in total. The van der Waals surface area contributed by atoms with Crippen molar-refractivity contribution in [3.05, 3.63) is 0 Å². The van der Waals surface area contributed by atoms with Gasteiger partial charge in [0.25, 0.3) is 10.1 Å². The van der Waals surface area contributed by atoms with Crippen molar-refractivity contribution in [3.63, 3.8) is 0 Å². The van der Waals surface area contributed by atoms with Crippen molar-refractivity contribution in [2.24, 2.45) is 46.3 Å². The number of rotatable bonds is 7. The van der Waals surface area contributed by atoms with Crippen LogP contribution in [0, 0.1) is 46.3 Å². The minimum Gasteiger partial charge on any atom is -0.393 e. The standard InChI is InChI=1S/C26H45NO7S/c1-15(4-7-23(31)27-10-11-35(32,33)34)18-5-6-19-24-20(14-22(30)26(18,19)3)25(2)9-8-17(28)12-16(25)13-21(24)29/h15-22,24,28-30H,4-14H2,1-3H3,(H,27,31)(H,32,33,34)/t15-,16-,17+,18+,19-,20-,21-,22-,24-,25+,26+/m1/s1. The van der Waals surface area contributed by atoms with Gasteiger partial charge in [-0.05, 0) is 97.7 Å². The number of hydrogen-bond donors (Lipinski definition) is 5. The van der Waals surface area contributed by atoms with E-state index in [9.17, 15) is 28.5 Å². The van der Waals surface area contributed by atoms with Crippen LogP contribution in [-0.4, -0.2) is 64.8 Å². The molecular weight excluding hydrogens is 470 g/mol. The van der Waals surface area contributed by atoms with Gasteiger partial charge in [-0.1, -0.05) is 20.8 Å². The lowest BCUT2D eigenvalue weighted by Crippen LogP contribution is -2.62. The van der Waals surface area contributed by atoms with E-state index in [0.29, 0.717) is 18.8 Å². The third kappa shape index (κ3) is 5.05. The zero-order valence-corrected chi connectivity index (χ0v) is 22.2. The maximum Gasteiger partial charge on any atom is 0.266 e. The molecule has 0 heterocycles. The summed E-state index contributed by atoms with van der Waals surface area (Å²) in [5, 5.41) is 35.8. The van der Waals surface area contributed by atoms with Gasteiger partial charge in [0.05, 0.1) is 24.1 Å². The van der Waals surface area contributed by atoms with Crippen LogP contribution in [0.1, 0.15) is 78.6 Å². The summed E-state index contributed by atoms with van der Waals surface area (Å²) in [5.41, 5.74) is -0.254. The quantitative estimate of drug-likeness (QED) is 0.327. The van der Waals surface area contributed by atoms with Crippen LogP contribution >= 0.6 is 0 Å². The van der Waals surface area contributed by atoms with Gasteiger partial charge in [-0.15, -0.1) is 0 Å². The van der Waals surface area contributed by atoms with Crippen molar-refractivity contribution in [3.8, 4) is 0 Å². The molecule has 0 aliphatic heterocycles. The Balaban J connectivity index is 1.43. The second kappa shape index (κ2) is 9.86. The summed E-state index contributed by atoms with van der Waals surface area (Å²) in [7, 11) is -4.10. The van der Waals surface area contributed by atoms with Crippen molar-refractivity contribution in [2.45, 2.75) is 96.9 Å². The molecule has 0 aromatic carbocycles. The predicted molar refractivity (Wildman–Crippen MR) is 132 cm³/mol. The van der Waals surface area contributed by atoms with Crippen molar-refractivity contribution in [1.29, 1.82) is 0 Å². The molecule has 35 heavy (non-hydrogen) atoms. The predicted octanol–water partition coefficient (Wildman–Crippen LogP) is 2.37. The van der Waals surface area contributed by atoms with Crippen LogP contribution in [0.4, 0.5) is 0 Å². The molecule has 4 fully saturated rings. The van der Waals surface area contributed by atoms with Gasteiger partial charge in [0.1, 0.15) is 0 Å². The molecule has 0 spiro atoms. The zero-order chi connectivity index (χ0) is 25.8.